The van der Waals surface area contributed by atoms with Crippen LogP contribution in [0.1, 0.15) is 6.92 Å². The molecule has 0 aromatic heterocycles. The molecule has 5 nitrogen and oxygen atoms in total. The minimum atomic E-state index is 0.347. The lowest BCUT2D eigenvalue weighted by Gasteiger charge is -2.11. The van der Waals surface area contributed by atoms with E-state index in [1.165, 1.54) is 0 Å². The van der Waals surface area contributed by atoms with E-state index in [0.29, 0.717) is 5.37 Å². The second-order valence-electron chi connectivity index (χ2n) is 4.34. The highest BCUT2D eigenvalue weighted by molar-refractivity contribution is 8.14. The van der Waals surface area contributed by atoms with Gasteiger partial charge in [0.2, 0.25) is 0 Å². The highest BCUT2D eigenvalue weighted by atomic mass is 32.2. The molecule has 1 N–H and O–H groups in total. The van der Waals surface area contributed by atoms with Gasteiger partial charge in [-0.3, -0.25) is 0 Å². The Morgan fingerprint density at radius 1 is 1.22 bits per heavy atom. The third-order valence-corrected chi connectivity index (χ3v) is 3.59. The van der Waals surface area contributed by atoms with Gasteiger partial charge in [0.05, 0.1) is 5.11 Å². The molecule has 0 saturated carbocycles. The summed E-state index contributed by atoms with van der Waals surface area (Å²) in [6, 6.07) is 8.00. The highest BCUT2D eigenvalue weighted by Crippen LogP contribution is 2.21. The molecule has 0 bridgehead atoms. The largest absolute Gasteiger partial charge is 0.405 e. The number of hydrogen-bond acceptors (Lipinski definition) is 5. The van der Waals surface area contributed by atoms with Crippen molar-refractivity contribution in [2.75, 3.05) is 26.0 Å². The number of rotatable bonds is 2. The fourth-order valence-corrected chi connectivity index (χ4v) is 2.43. The number of hydrogen-bond donors (Lipinski definition) is 1. The first-order valence-electron chi connectivity index (χ1n) is 5.79. The van der Waals surface area contributed by atoms with Crippen LogP contribution in [0.3, 0.4) is 0 Å². The summed E-state index contributed by atoms with van der Waals surface area (Å²) in [5.41, 5.74) is 5.25. The maximum Gasteiger partial charge on any atom is 0.405 e. The predicted octanol–water partition coefficient (Wildman–Crippen LogP) is 2.43. The molecule has 1 heterocycles. The van der Waals surface area contributed by atoms with Crippen LogP contribution >= 0.6 is 11.8 Å². The zero-order valence-electron chi connectivity index (χ0n) is 11.1. The average molecular weight is 264 g/mol. The van der Waals surface area contributed by atoms with Gasteiger partial charge < -0.3 is 4.90 Å². The van der Waals surface area contributed by atoms with Gasteiger partial charge in [-0.05, 0) is 48.1 Å². The smallest absolute Gasteiger partial charge is 0.378 e. The maximum absolute atomic E-state index is 4.25. The molecule has 1 aliphatic rings. The van der Waals surface area contributed by atoms with Crippen LogP contribution in [0.5, 0.6) is 0 Å². The number of nitrogens with zero attached hydrogens (tertiary/aromatic N) is 4. The molecular weight excluding hydrogens is 246 g/mol. The summed E-state index contributed by atoms with van der Waals surface area (Å²) >= 11 is 1.66. The number of hydrazine groups is 1. The molecule has 0 fully saturated rings. The number of hydrazone groups is 1. The number of anilines is 1. The summed E-state index contributed by atoms with van der Waals surface area (Å²) in [6.07, 6.45) is 0. The lowest BCUT2D eigenvalue weighted by atomic mass is 10.3. The Labute approximate surface area is 112 Å². The number of nitrogens with one attached hydrogen (secondary N) is 1. The van der Waals surface area contributed by atoms with Gasteiger partial charge in [0.15, 0.2) is 0 Å². The van der Waals surface area contributed by atoms with Crippen LogP contribution < -0.4 is 10.3 Å². The zero-order valence-corrected chi connectivity index (χ0v) is 11.9. The Bertz CT molecular complexity index is 478. The molecule has 18 heavy (non-hydrogen) atoms. The third-order valence-electron chi connectivity index (χ3n) is 2.56. The minimum absolute atomic E-state index is 0.347. The fraction of sp³-hybridized carbons (Fsp3) is 0.417. The molecule has 1 aromatic carbocycles. The second-order valence-corrected chi connectivity index (χ2v) is 5.65. The number of azo groups is 1. The number of benzene rings is 1. The van der Waals surface area contributed by atoms with E-state index in [-0.39, 0.29) is 0 Å². The average Bonchev–Trinajstić information content (AvgIpc) is 2.66. The molecule has 0 saturated heterocycles. The van der Waals surface area contributed by atoms with Crippen LogP contribution in [0, 0.1) is 0 Å². The van der Waals surface area contributed by atoms with Gasteiger partial charge in [0.1, 0.15) is 18.1 Å². The normalized spacial score (nSPS) is 19.4. The van der Waals surface area contributed by atoms with E-state index in [0.717, 1.165) is 16.5 Å². The lowest BCUT2D eigenvalue weighted by Crippen LogP contribution is -2.25. The molecular formula is C12H18N5S+. The van der Waals surface area contributed by atoms with Gasteiger partial charge >= 0.3 is 5.17 Å². The summed E-state index contributed by atoms with van der Waals surface area (Å²) in [6.45, 7) is 2.09. The first-order chi connectivity index (χ1) is 8.56. The van der Waals surface area contributed by atoms with E-state index in [1.807, 2.05) is 50.1 Å². The topological polar surface area (TPSA) is 43.0 Å². The summed E-state index contributed by atoms with van der Waals surface area (Å²) in [5.74, 6) is 0. The van der Waals surface area contributed by atoms with Crippen LogP contribution in [-0.2, 0) is 0 Å². The maximum atomic E-state index is 4.25. The number of amidine groups is 1. The monoisotopic (exact) mass is 264 g/mol. The molecule has 0 spiro atoms. The number of thioether (sulfide) groups is 1. The van der Waals surface area contributed by atoms with Gasteiger partial charge in [-0.15, -0.1) is 0 Å². The second kappa shape index (κ2) is 5.39. The molecule has 0 aliphatic carbocycles. The molecule has 96 valence electrons. The molecule has 1 aliphatic heterocycles. The van der Waals surface area contributed by atoms with Gasteiger partial charge in [-0.25, -0.2) is 5.43 Å². The van der Waals surface area contributed by atoms with E-state index in [1.54, 1.807) is 11.8 Å². The Balaban J connectivity index is 2.08. The first kappa shape index (κ1) is 12.9. The predicted molar refractivity (Wildman–Crippen MR) is 76.7 cm³/mol. The third kappa shape index (κ3) is 3.01. The van der Waals surface area contributed by atoms with E-state index >= 15 is 0 Å². The Morgan fingerprint density at radius 2 is 1.89 bits per heavy atom. The van der Waals surface area contributed by atoms with Crippen LogP contribution in [-0.4, -0.2) is 36.4 Å². The van der Waals surface area contributed by atoms with Crippen molar-refractivity contribution in [3.05, 3.63) is 24.3 Å². The molecule has 0 amide bonds. The summed E-state index contributed by atoms with van der Waals surface area (Å²) in [5, 5.41) is 9.73. The van der Waals surface area contributed by atoms with Crippen molar-refractivity contribution in [3.63, 3.8) is 0 Å². The molecule has 1 aromatic rings. The molecule has 1 unspecified atom stereocenters. The fourth-order valence-electron chi connectivity index (χ4n) is 1.60. The summed E-state index contributed by atoms with van der Waals surface area (Å²) in [7, 11) is 5.98. The molecule has 6 heteroatoms. The SMILES string of the molecule is CC1N[N+](C)=C(N=Nc2ccc(N(C)C)cc2)S1. The van der Waals surface area contributed by atoms with Crippen LogP contribution in [0.4, 0.5) is 11.4 Å². The summed E-state index contributed by atoms with van der Waals surface area (Å²) in [4.78, 5) is 2.06. The van der Waals surface area contributed by atoms with Crippen LogP contribution in [0.15, 0.2) is 34.5 Å². The van der Waals surface area contributed by atoms with Crippen molar-refractivity contribution in [1.29, 1.82) is 0 Å². The zero-order chi connectivity index (χ0) is 13.1. The van der Waals surface area contributed by atoms with E-state index < -0.39 is 0 Å². The van der Waals surface area contributed by atoms with Crippen molar-refractivity contribution in [2.24, 2.45) is 10.2 Å². The van der Waals surface area contributed by atoms with Crippen molar-refractivity contribution < 1.29 is 4.68 Å². The van der Waals surface area contributed by atoms with Gasteiger partial charge in [-0.1, -0.05) is 0 Å². The summed E-state index contributed by atoms with van der Waals surface area (Å²) < 4.78 is 1.90. The van der Waals surface area contributed by atoms with Crippen molar-refractivity contribution >= 4 is 28.3 Å². The Hall–Kier alpha value is -1.56. The van der Waals surface area contributed by atoms with Crippen molar-refractivity contribution in [1.82, 2.24) is 5.43 Å². The van der Waals surface area contributed by atoms with Crippen LogP contribution in [0.2, 0.25) is 0 Å². The Kier molecular flexibility index (Phi) is 3.86. The molecule has 2 rings (SSSR count). The standard InChI is InChI=1S/C12H18N5S/c1-9-15-17(4)12(18-9)14-13-10-5-7-11(8-6-10)16(2)3/h5-9,15H,1-4H3/q+1. The van der Waals surface area contributed by atoms with E-state index in [4.69, 9.17) is 0 Å². The Morgan fingerprint density at radius 3 is 2.39 bits per heavy atom. The van der Waals surface area contributed by atoms with Crippen molar-refractivity contribution in [3.8, 4) is 0 Å². The van der Waals surface area contributed by atoms with Crippen LogP contribution in [0.25, 0.3) is 0 Å². The van der Waals surface area contributed by atoms with E-state index in [2.05, 4.69) is 27.5 Å². The van der Waals surface area contributed by atoms with E-state index in [9.17, 15) is 0 Å². The van der Waals surface area contributed by atoms with Gasteiger partial charge in [0, 0.05) is 19.8 Å². The highest BCUT2D eigenvalue weighted by Gasteiger charge is 2.25. The van der Waals surface area contributed by atoms with Crippen molar-refractivity contribution in [2.45, 2.75) is 12.3 Å². The molecule has 0 radical (unpaired) electrons. The minimum Gasteiger partial charge on any atom is -0.378 e. The quantitative estimate of drug-likeness (QED) is 0.659. The van der Waals surface area contributed by atoms with Gasteiger partial charge in [-0.2, -0.15) is 4.68 Å². The molecule has 1 atom stereocenters. The lowest BCUT2D eigenvalue weighted by molar-refractivity contribution is -0.556. The van der Waals surface area contributed by atoms with Gasteiger partial charge in [0.25, 0.3) is 0 Å². The first-order valence-corrected chi connectivity index (χ1v) is 6.67.